The fourth-order valence-electron chi connectivity index (χ4n) is 1.70. The molecule has 1 atom stereocenters. The molecule has 3 nitrogen and oxygen atoms in total. The number of halogens is 1. The van der Waals surface area contributed by atoms with E-state index in [0.717, 1.165) is 17.6 Å². The molecule has 18 heavy (non-hydrogen) atoms. The van der Waals surface area contributed by atoms with Crippen LogP contribution in [0.4, 0.5) is 0 Å². The Balaban J connectivity index is 2.66. The molecule has 102 valence electrons. The summed E-state index contributed by atoms with van der Waals surface area (Å²) in [6.45, 7) is 6.98. The minimum atomic E-state index is -0.122. The number of nitrogens with zero attached hydrogens (tertiary/aromatic N) is 1. The zero-order valence-corrected chi connectivity index (χ0v) is 13.0. The van der Waals surface area contributed by atoms with E-state index in [-0.39, 0.29) is 5.54 Å². The van der Waals surface area contributed by atoms with E-state index < -0.39 is 0 Å². The van der Waals surface area contributed by atoms with Crippen molar-refractivity contribution in [3.63, 3.8) is 0 Å². The van der Waals surface area contributed by atoms with Gasteiger partial charge in [0.15, 0.2) is 0 Å². The zero-order valence-electron chi connectivity index (χ0n) is 11.4. The molecule has 1 aromatic carbocycles. The Labute approximate surface area is 118 Å². The van der Waals surface area contributed by atoms with Crippen molar-refractivity contribution >= 4 is 15.9 Å². The van der Waals surface area contributed by atoms with Crippen molar-refractivity contribution in [2.75, 3.05) is 26.8 Å². The van der Waals surface area contributed by atoms with Crippen molar-refractivity contribution in [3.8, 4) is 0 Å². The van der Waals surface area contributed by atoms with E-state index in [4.69, 9.17) is 10.5 Å². The second-order valence-electron chi connectivity index (χ2n) is 4.82. The van der Waals surface area contributed by atoms with E-state index in [2.05, 4.69) is 59.1 Å². The molecule has 0 aliphatic carbocycles. The average Bonchev–Trinajstić information content (AvgIpc) is 2.38. The van der Waals surface area contributed by atoms with Gasteiger partial charge in [-0.15, -0.1) is 0 Å². The molecule has 0 amide bonds. The predicted octanol–water partition coefficient (Wildman–Crippen LogP) is 2.63. The summed E-state index contributed by atoms with van der Waals surface area (Å²) < 4.78 is 6.64. The Bertz CT molecular complexity index is 355. The summed E-state index contributed by atoms with van der Waals surface area (Å²) >= 11 is 3.45. The number of ether oxygens (including phenoxy) is 1. The third-order valence-electron chi connectivity index (χ3n) is 3.31. The van der Waals surface area contributed by atoms with Crippen LogP contribution in [0.15, 0.2) is 28.7 Å². The molecule has 0 saturated carbocycles. The van der Waals surface area contributed by atoms with Crippen LogP contribution in [0.25, 0.3) is 0 Å². The highest BCUT2D eigenvalue weighted by Gasteiger charge is 2.27. The van der Waals surface area contributed by atoms with Gasteiger partial charge in [-0.2, -0.15) is 0 Å². The standard InChI is InChI=1S/C14H23BrN2O/c1-4-18-11-14(2,10-16)17(3)9-12-5-7-13(15)8-6-12/h5-8H,4,9-11,16H2,1-3H3. The fraction of sp³-hybridized carbons (Fsp3) is 0.571. The van der Waals surface area contributed by atoms with Gasteiger partial charge in [0.1, 0.15) is 0 Å². The third-order valence-corrected chi connectivity index (χ3v) is 3.84. The van der Waals surface area contributed by atoms with Crippen LogP contribution in [-0.4, -0.2) is 37.2 Å². The average molecular weight is 315 g/mol. The zero-order chi connectivity index (χ0) is 13.6. The summed E-state index contributed by atoms with van der Waals surface area (Å²) in [5, 5.41) is 0. The Morgan fingerprint density at radius 1 is 1.33 bits per heavy atom. The number of hydrogen-bond acceptors (Lipinski definition) is 3. The van der Waals surface area contributed by atoms with E-state index in [1.807, 2.05) is 6.92 Å². The Morgan fingerprint density at radius 2 is 1.94 bits per heavy atom. The first kappa shape index (κ1) is 15.6. The predicted molar refractivity (Wildman–Crippen MR) is 79.6 cm³/mol. The van der Waals surface area contributed by atoms with Crippen LogP contribution in [0.2, 0.25) is 0 Å². The molecule has 1 unspecified atom stereocenters. The minimum Gasteiger partial charge on any atom is -0.380 e. The van der Waals surface area contributed by atoms with E-state index >= 15 is 0 Å². The van der Waals surface area contributed by atoms with Gasteiger partial charge >= 0.3 is 0 Å². The second kappa shape index (κ2) is 7.24. The van der Waals surface area contributed by atoms with Crippen molar-refractivity contribution in [1.82, 2.24) is 4.90 Å². The molecule has 0 aromatic heterocycles. The maximum absolute atomic E-state index is 5.90. The van der Waals surface area contributed by atoms with Crippen molar-refractivity contribution < 1.29 is 4.74 Å². The molecule has 1 rings (SSSR count). The summed E-state index contributed by atoms with van der Waals surface area (Å²) in [6, 6.07) is 8.37. The number of rotatable bonds is 7. The maximum atomic E-state index is 5.90. The van der Waals surface area contributed by atoms with Gasteiger partial charge in [-0.3, -0.25) is 4.90 Å². The molecule has 2 N–H and O–H groups in total. The van der Waals surface area contributed by atoms with Gasteiger partial charge in [-0.1, -0.05) is 28.1 Å². The lowest BCUT2D eigenvalue weighted by molar-refractivity contribution is 0.0202. The van der Waals surface area contributed by atoms with Crippen LogP contribution in [-0.2, 0) is 11.3 Å². The first-order chi connectivity index (χ1) is 8.51. The topological polar surface area (TPSA) is 38.5 Å². The molecular formula is C14H23BrN2O. The van der Waals surface area contributed by atoms with E-state index in [1.165, 1.54) is 5.56 Å². The molecule has 0 heterocycles. The maximum Gasteiger partial charge on any atom is 0.0659 e. The molecule has 1 aromatic rings. The van der Waals surface area contributed by atoms with Gasteiger partial charge in [-0.05, 0) is 38.6 Å². The highest BCUT2D eigenvalue weighted by Crippen LogP contribution is 2.17. The van der Waals surface area contributed by atoms with Gasteiger partial charge in [0.05, 0.1) is 12.1 Å². The third kappa shape index (κ3) is 4.35. The Kier molecular flexibility index (Phi) is 6.29. The van der Waals surface area contributed by atoms with Crippen LogP contribution in [0, 0.1) is 0 Å². The summed E-state index contributed by atoms with van der Waals surface area (Å²) in [6.07, 6.45) is 0. The Morgan fingerprint density at radius 3 is 2.44 bits per heavy atom. The van der Waals surface area contributed by atoms with E-state index in [1.54, 1.807) is 0 Å². The molecular weight excluding hydrogens is 292 g/mol. The lowest BCUT2D eigenvalue weighted by atomic mass is 10.0. The SMILES string of the molecule is CCOCC(C)(CN)N(C)Cc1ccc(Br)cc1. The summed E-state index contributed by atoms with van der Waals surface area (Å²) in [4.78, 5) is 2.26. The van der Waals surface area contributed by atoms with Crippen LogP contribution in [0.1, 0.15) is 19.4 Å². The molecule has 0 spiro atoms. The molecule has 0 saturated heterocycles. The molecule has 0 fully saturated rings. The normalized spacial score (nSPS) is 14.8. The van der Waals surface area contributed by atoms with Gasteiger partial charge < -0.3 is 10.5 Å². The summed E-state index contributed by atoms with van der Waals surface area (Å²) in [5.41, 5.74) is 7.05. The van der Waals surface area contributed by atoms with Crippen molar-refractivity contribution in [3.05, 3.63) is 34.3 Å². The fourth-order valence-corrected chi connectivity index (χ4v) is 1.97. The van der Waals surface area contributed by atoms with E-state index in [9.17, 15) is 0 Å². The first-order valence-corrected chi connectivity index (χ1v) is 7.04. The first-order valence-electron chi connectivity index (χ1n) is 6.25. The summed E-state index contributed by atoms with van der Waals surface area (Å²) in [7, 11) is 2.09. The van der Waals surface area contributed by atoms with Crippen molar-refractivity contribution in [2.45, 2.75) is 25.9 Å². The molecule has 4 heteroatoms. The largest absolute Gasteiger partial charge is 0.380 e. The van der Waals surface area contributed by atoms with Gasteiger partial charge in [0, 0.05) is 24.2 Å². The van der Waals surface area contributed by atoms with Crippen LogP contribution >= 0.6 is 15.9 Å². The highest BCUT2D eigenvalue weighted by molar-refractivity contribution is 9.10. The van der Waals surface area contributed by atoms with Crippen LogP contribution in [0.3, 0.4) is 0 Å². The van der Waals surface area contributed by atoms with Gasteiger partial charge in [0.25, 0.3) is 0 Å². The van der Waals surface area contributed by atoms with Gasteiger partial charge in [-0.25, -0.2) is 0 Å². The molecule has 0 bridgehead atoms. The quantitative estimate of drug-likeness (QED) is 0.841. The van der Waals surface area contributed by atoms with Crippen molar-refractivity contribution in [2.24, 2.45) is 5.73 Å². The second-order valence-corrected chi connectivity index (χ2v) is 5.74. The van der Waals surface area contributed by atoms with Crippen molar-refractivity contribution in [1.29, 1.82) is 0 Å². The minimum absolute atomic E-state index is 0.122. The number of nitrogens with two attached hydrogens (primary N) is 1. The summed E-state index contributed by atoms with van der Waals surface area (Å²) in [5.74, 6) is 0. The smallest absolute Gasteiger partial charge is 0.0659 e. The number of benzene rings is 1. The van der Waals surface area contributed by atoms with Crippen LogP contribution < -0.4 is 5.73 Å². The molecule has 0 aliphatic heterocycles. The highest BCUT2D eigenvalue weighted by atomic mass is 79.9. The monoisotopic (exact) mass is 314 g/mol. The number of hydrogen-bond donors (Lipinski definition) is 1. The lowest BCUT2D eigenvalue weighted by Gasteiger charge is -2.37. The van der Waals surface area contributed by atoms with E-state index in [0.29, 0.717) is 13.2 Å². The molecule has 0 aliphatic rings. The number of likely N-dealkylation sites (N-methyl/N-ethyl adjacent to an activating group) is 1. The Hall–Kier alpha value is -0.420. The van der Waals surface area contributed by atoms with Gasteiger partial charge in [0.2, 0.25) is 0 Å². The molecule has 0 radical (unpaired) electrons. The lowest BCUT2D eigenvalue weighted by Crippen LogP contribution is -2.52. The van der Waals surface area contributed by atoms with Crippen LogP contribution in [0.5, 0.6) is 0 Å².